The maximum absolute atomic E-state index is 8.56. The minimum atomic E-state index is 0.448. The quantitative estimate of drug-likeness (QED) is 0.859. The molecule has 5 heteroatoms. The molecule has 1 aromatic carbocycles. The van der Waals surface area contributed by atoms with Gasteiger partial charge in [-0.2, -0.15) is 5.26 Å². The van der Waals surface area contributed by atoms with Crippen LogP contribution in [0.2, 0.25) is 0 Å². The molecule has 0 aliphatic rings. The molecule has 0 unspecified atom stereocenters. The Bertz CT molecular complexity index is 521. The normalized spacial score (nSPS) is 9.88. The number of nitriles is 1. The van der Waals surface area contributed by atoms with Crippen molar-refractivity contribution >= 4 is 5.69 Å². The molecule has 0 aliphatic heterocycles. The number of benzene rings is 1. The van der Waals surface area contributed by atoms with Crippen LogP contribution in [0.5, 0.6) is 0 Å². The van der Waals surface area contributed by atoms with Gasteiger partial charge in [-0.15, -0.1) is 10.2 Å². The van der Waals surface area contributed by atoms with E-state index >= 15 is 0 Å². The monoisotopic (exact) mass is 227 g/mol. The predicted molar refractivity (Wildman–Crippen MR) is 64.1 cm³/mol. The van der Waals surface area contributed by atoms with Crippen molar-refractivity contribution in [1.82, 2.24) is 14.8 Å². The zero-order valence-electron chi connectivity index (χ0n) is 9.59. The molecule has 2 aromatic rings. The summed E-state index contributed by atoms with van der Waals surface area (Å²) in [5.41, 5.74) is 2.03. The number of nitrogens with one attached hydrogen (secondary N) is 1. The summed E-state index contributed by atoms with van der Waals surface area (Å²) in [5.74, 6) is 0.881. The van der Waals surface area contributed by atoms with Gasteiger partial charge in [-0.05, 0) is 17.7 Å². The molecule has 0 bridgehead atoms. The van der Waals surface area contributed by atoms with Crippen molar-refractivity contribution in [3.05, 3.63) is 42.0 Å². The molecule has 1 N–H and O–H groups in total. The molecule has 0 radical (unpaired) electrons. The highest BCUT2D eigenvalue weighted by molar-refractivity contribution is 5.44. The van der Waals surface area contributed by atoms with Gasteiger partial charge in [0.25, 0.3) is 0 Å². The van der Waals surface area contributed by atoms with E-state index in [1.54, 1.807) is 6.33 Å². The van der Waals surface area contributed by atoms with Gasteiger partial charge in [-0.25, -0.2) is 0 Å². The van der Waals surface area contributed by atoms with E-state index in [4.69, 9.17) is 5.26 Å². The van der Waals surface area contributed by atoms with E-state index in [2.05, 4.69) is 21.6 Å². The standard InChI is InChI=1S/C12H13N5/c1-17-9-15-16-12(17)8-14-11-4-2-10(3-5-11)6-7-13/h2-5,9,14H,6,8H2,1H3. The van der Waals surface area contributed by atoms with Crippen LogP contribution in [0.3, 0.4) is 0 Å². The van der Waals surface area contributed by atoms with Crippen LogP contribution >= 0.6 is 0 Å². The van der Waals surface area contributed by atoms with Crippen LogP contribution in [0.4, 0.5) is 5.69 Å². The fourth-order valence-electron chi connectivity index (χ4n) is 1.48. The Labute approximate surface area is 99.7 Å². The number of rotatable bonds is 4. The smallest absolute Gasteiger partial charge is 0.151 e. The van der Waals surface area contributed by atoms with Crippen LogP contribution < -0.4 is 5.32 Å². The second-order valence-electron chi connectivity index (χ2n) is 3.74. The topological polar surface area (TPSA) is 66.5 Å². The van der Waals surface area contributed by atoms with Crippen molar-refractivity contribution in [3.63, 3.8) is 0 Å². The van der Waals surface area contributed by atoms with Gasteiger partial charge >= 0.3 is 0 Å². The molecule has 0 atom stereocenters. The molecule has 2 rings (SSSR count). The Morgan fingerprint density at radius 1 is 1.35 bits per heavy atom. The zero-order valence-corrected chi connectivity index (χ0v) is 9.59. The second-order valence-corrected chi connectivity index (χ2v) is 3.74. The van der Waals surface area contributed by atoms with Crippen molar-refractivity contribution in [2.75, 3.05) is 5.32 Å². The number of hydrogen-bond acceptors (Lipinski definition) is 4. The average molecular weight is 227 g/mol. The van der Waals surface area contributed by atoms with Crippen molar-refractivity contribution in [1.29, 1.82) is 5.26 Å². The van der Waals surface area contributed by atoms with Crippen LogP contribution in [0.25, 0.3) is 0 Å². The molecule has 0 amide bonds. The van der Waals surface area contributed by atoms with E-state index < -0.39 is 0 Å². The van der Waals surface area contributed by atoms with Crippen molar-refractivity contribution in [2.24, 2.45) is 7.05 Å². The molecule has 0 saturated carbocycles. The SMILES string of the molecule is Cn1cnnc1CNc1ccc(CC#N)cc1. The average Bonchev–Trinajstić information content (AvgIpc) is 2.75. The van der Waals surface area contributed by atoms with Crippen molar-refractivity contribution in [2.45, 2.75) is 13.0 Å². The first-order valence-corrected chi connectivity index (χ1v) is 5.32. The highest BCUT2D eigenvalue weighted by Crippen LogP contribution is 2.10. The van der Waals surface area contributed by atoms with Crippen LogP contribution in [0.1, 0.15) is 11.4 Å². The lowest BCUT2D eigenvalue weighted by atomic mass is 10.1. The number of aryl methyl sites for hydroxylation is 1. The molecule has 5 nitrogen and oxygen atoms in total. The summed E-state index contributed by atoms with van der Waals surface area (Å²) in [5, 5.41) is 19.6. The lowest BCUT2D eigenvalue weighted by Gasteiger charge is -2.06. The third-order valence-electron chi connectivity index (χ3n) is 2.49. The minimum Gasteiger partial charge on any atom is -0.378 e. The summed E-state index contributed by atoms with van der Waals surface area (Å²) in [7, 11) is 1.91. The van der Waals surface area contributed by atoms with E-state index in [1.807, 2.05) is 35.9 Å². The molecule has 17 heavy (non-hydrogen) atoms. The lowest BCUT2D eigenvalue weighted by Crippen LogP contribution is -2.05. The molecule has 0 aliphatic carbocycles. The van der Waals surface area contributed by atoms with E-state index in [0.717, 1.165) is 17.1 Å². The first-order valence-electron chi connectivity index (χ1n) is 5.32. The molecule has 1 heterocycles. The maximum atomic E-state index is 8.56. The Kier molecular flexibility index (Phi) is 3.36. The van der Waals surface area contributed by atoms with E-state index in [-0.39, 0.29) is 0 Å². The van der Waals surface area contributed by atoms with Gasteiger partial charge in [0.15, 0.2) is 5.82 Å². The molecule has 1 aromatic heterocycles. The van der Waals surface area contributed by atoms with Crippen molar-refractivity contribution < 1.29 is 0 Å². The number of anilines is 1. The second kappa shape index (κ2) is 5.12. The van der Waals surface area contributed by atoms with Gasteiger partial charge < -0.3 is 9.88 Å². The van der Waals surface area contributed by atoms with Gasteiger partial charge in [-0.1, -0.05) is 12.1 Å². The maximum Gasteiger partial charge on any atom is 0.151 e. The number of hydrogen-bond donors (Lipinski definition) is 1. The minimum absolute atomic E-state index is 0.448. The summed E-state index contributed by atoms with van der Waals surface area (Å²) in [6.45, 7) is 0.633. The highest BCUT2D eigenvalue weighted by atomic mass is 15.3. The van der Waals surface area contributed by atoms with Crippen LogP contribution in [-0.4, -0.2) is 14.8 Å². The molecular formula is C12H13N5. The highest BCUT2D eigenvalue weighted by Gasteiger charge is 2.00. The molecular weight excluding hydrogens is 214 g/mol. The molecule has 0 saturated heterocycles. The van der Waals surface area contributed by atoms with E-state index in [1.165, 1.54) is 0 Å². The summed E-state index contributed by atoms with van der Waals surface area (Å²) >= 11 is 0. The van der Waals surface area contributed by atoms with Gasteiger partial charge in [0.05, 0.1) is 19.0 Å². The largest absolute Gasteiger partial charge is 0.378 e. The van der Waals surface area contributed by atoms with Gasteiger partial charge in [0.2, 0.25) is 0 Å². The fourth-order valence-corrected chi connectivity index (χ4v) is 1.48. The third kappa shape index (κ3) is 2.82. The summed E-state index contributed by atoms with van der Waals surface area (Å²) in [6.07, 6.45) is 2.12. The van der Waals surface area contributed by atoms with Gasteiger partial charge in [-0.3, -0.25) is 0 Å². The number of aromatic nitrogens is 3. The molecule has 86 valence electrons. The van der Waals surface area contributed by atoms with Gasteiger partial charge in [0.1, 0.15) is 6.33 Å². The Morgan fingerprint density at radius 2 is 2.12 bits per heavy atom. The number of nitrogens with zero attached hydrogens (tertiary/aromatic N) is 4. The van der Waals surface area contributed by atoms with Crippen LogP contribution in [0, 0.1) is 11.3 Å². The lowest BCUT2D eigenvalue weighted by molar-refractivity contribution is 0.812. The predicted octanol–water partition coefficient (Wildman–Crippen LogP) is 1.49. The van der Waals surface area contributed by atoms with Crippen LogP contribution in [0.15, 0.2) is 30.6 Å². The Morgan fingerprint density at radius 3 is 2.71 bits per heavy atom. The molecule has 0 spiro atoms. The van der Waals surface area contributed by atoms with E-state index in [9.17, 15) is 0 Å². The first-order chi connectivity index (χ1) is 8.29. The Hall–Kier alpha value is -2.35. The van der Waals surface area contributed by atoms with E-state index in [0.29, 0.717) is 13.0 Å². The summed E-state index contributed by atoms with van der Waals surface area (Å²) in [4.78, 5) is 0. The summed E-state index contributed by atoms with van der Waals surface area (Å²) < 4.78 is 1.87. The Balaban J connectivity index is 1.96. The van der Waals surface area contributed by atoms with Gasteiger partial charge in [0, 0.05) is 12.7 Å². The fraction of sp³-hybridized carbons (Fsp3) is 0.250. The zero-order chi connectivity index (χ0) is 12.1. The first kappa shape index (κ1) is 11.1. The summed E-state index contributed by atoms with van der Waals surface area (Å²) in [6, 6.07) is 9.94. The molecule has 0 fully saturated rings. The van der Waals surface area contributed by atoms with Crippen molar-refractivity contribution in [3.8, 4) is 6.07 Å². The third-order valence-corrected chi connectivity index (χ3v) is 2.49. The van der Waals surface area contributed by atoms with Crippen LogP contribution in [-0.2, 0) is 20.0 Å².